The molecule has 4 aliphatic heterocycles. The molecule has 1 N–H and O–H groups in total. The quantitative estimate of drug-likeness (QED) is 0.462. The van der Waals surface area contributed by atoms with Gasteiger partial charge < -0.3 is 24.5 Å². The molecule has 2 fully saturated rings. The van der Waals surface area contributed by atoms with Gasteiger partial charge in [-0.1, -0.05) is 54.6 Å². The number of aliphatic hydroxyl groups is 1. The lowest BCUT2D eigenvalue weighted by atomic mass is 9.77. The summed E-state index contributed by atoms with van der Waals surface area (Å²) in [5.41, 5.74) is -0.174. The summed E-state index contributed by atoms with van der Waals surface area (Å²) in [6.45, 7) is 5.60. The van der Waals surface area contributed by atoms with E-state index in [0.717, 1.165) is 5.56 Å². The van der Waals surface area contributed by atoms with Crippen molar-refractivity contribution in [3.63, 3.8) is 0 Å². The number of fused-ring (bicyclic) bond motifs is 2. The van der Waals surface area contributed by atoms with E-state index in [1.807, 2.05) is 68.5 Å². The van der Waals surface area contributed by atoms with Gasteiger partial charge in [-0.2, -0.15) is 0 Å². The maximum absolute atomic E-state index is 14.0. The second kappa shape index (κ2) is 9.82. The van der Waals surface area contributed by atoms with Crippen LogP contribution >= 0.6 is 0 Å². The van der Waals surface area contributed by atoms with Crippen molar-refractivity contribution in [1.29, 1.82) is 0 Å². The minimum atomic E-state index is -1.19. The van der Waals surface area contributed by atoms with Crippen LogP contribution in [0.4, 0.5) is 0 Å². The number of carbonyl (C=O) groups is 3. The first-order chi connectivity index (χ1) is 17.4. The topological polar surface area (TPSA) is 90.4 Å². The first kappa shape index (κ1) is 24.7. The van der Waals surface area contributed by atoms with Gasteiger partial charge in [0.1, 0.15) is 11.6 Å². The molecule has 0 saturated carbocycles. The maximum Gasteiger partial charge on any atom is 0.249 e. The second-order valence-corrected chi connectivity index (χ2v) is 10.4. The Morgan fingerprint density at radius 2 is 1.81 bits per heavy atom. The summed E-state index contributed by atoms with van der Waals surface area (Å²) < 4.78 is 6.63. The highest BCUT2D eigenvalue weighted by Crippen LogP contribution is 2.53. The first-order valence-corrected chi connectivity index (χ1v) is 13.0. The molecule has 2 saturated heterocycles. The number of likely N-dealkylation sites (tertiary alicyclic amines) is 1. The van der Waals surface area contributed by atoms with Crippen molar-refractivity contribution in [2.75, 3.05) is 26.2 Å². The van der Waals surface area contributed by atoms with E-state index in [-0.39, 0.29) is 30.4 Å². The predicted molar refractivity (Wildman–Crippen MR) is 133 cm³/mol. The molecule has 1 unspecified atom stereocenters. The molecule has 0 radical (unpaired) electrons. The van der Waals surface area contributed by atoms with Crippen molar-refractivity contribution < 1.29 is 24.2 Å². The lowest BCUT2D eigenvalue weighted by Gasteiger charge is -2.36. The highest BCUT2D eigenvalue weighted by Gasteiger charge is 2.71. The number of benzene rings is 1. The third-order valence-corrected chi connectivity index (χ3v) is 7.92. The SMILES string of the molecule is CC(C)N1CC=C[C@]23O[C@@H]4C=CCN(Cc5ccccc5)C(=O)[C@@H]4[C@H]2C(=O)N(CCCCO)C3C1=O. The van der Waals surface area contributed by atoms with Crippen LogP contribution in [0.15, 0.2) is 54.6 Å². The Labute approximate surface area is 212 Å². The van der Waals surface area contributed by atoms with Gasteiger partial charge in [-0.05, 0) is 32.3 Å². The number of ether oxygens (including phenoxy) is 1. The molecule has 8 heteroatoms. The van der Waals surface area contributed by atoms with Gasteiger partial charge in [0.15, 0.2) is 0 Å². The number of amides is 3. The highest BCUT2D eigenvalue weighted by atomic mass is 16.5. The molecule has 0 aromatic heterocycles. The smallest absolute Gasteiger partial charge is 0.249 e. The minimum absolute atomic E-state index is 0.0200. The number of carbonyl (C=O) groups excluding carboxylic acids is 3. The lowest BCUT2D eigenvalue weighted by Crippen LogP contribution is -2.56. The number of unbranched alkanes of at least 4 members (excludes halogenated alkanes) is 1. The van der Waals surface area contributed by atoms with Crippen LogP contribution in [0.2, 0.25) is 0 Å². The van der Waals surface area contributed by atoms with Crippen molar-refractivity contribution in [2.45, 2.75) is 57.0 Å². The predicted octanol–water partition coefficient (Wildman–Crippen LogP) is 1.75. The fourth-order valence-electron chi connectivity index (χ4n) is 6.25. The van der Waals surface area contributed by atoms with E-state index >= 15 is 0 Å². The second-order valence-electron chi connectivity index (χ2n) is 10.4. The molecule has 5 rings (SSSR count). The lowest BCUT2D eigenvalue weighted by molar-refractivity contribution is -0.149. The molecular formula is C28H35N3O5. The van der Waals surface area contributed by atoms with Crippen molar-refractivity contribution in [3.8, 4) is 0 Å². The van der Waals surface area contributed by atoms with Gasteiger partial charge in [0.05, 0.1) is 17.9 Å². The summed E-state index contributed by atoms with van der Waals surface area (Å²) in [6.07, 6.45) is 8.15. The molecule has 3 amide bonds. The number of hydrogen-bond donors (Lipinski definition) is 1. The van der Waals surface area contributed by atoms with E-state index in [0.29, 0.717) is 39.0 Å². The molecule has 8 nitrogen and oxygen atoms in total. The molecule has 1 aromatic carbocycles. The average Bonchev–Trinajstić information content (AvgIpc) is 3.17. The molecule has 0 bridgehead atoms. The number of rotatable bonds is 7. The largest absolute Gasteiger partial charge is 0.396 e. The molecule has 4 heterocycles. The third kappa shape index (κ3) is 3.96. The van der Waals surface area contributed by atoms with Gasteiger partial charge in [0.25, 0.3) is 0 Å². The average molecular weight is 494 g/mol. The summed E-state index contributed by atoms with van der Waals surface area (Å²) >= 11 is 0. The maximum atomic E-state index is 14.0. The summed E-state index contributed by atoms with van der Waals surface area (Å²) in [5, 5.41) is 9.31. The van der Waals surface area contributed by atoms with Crippen LogP contribution in [0.5, 0.6) is 0 Å². The summed E-state index contributed by atoms with van der Waals surface area (Å²) in [7, 11) is 0. The van der Waals surface area contributed by atoms with Gasteiger partial charge in [-0.15, -0.1) is 0 Å². The van der Waals surface area contributed by atoms with Gasteiger partial charge >= 0.3 is 0 Å². The third-order valence-electron chi connectivity index (χ3n) is 7.92. The number of aliphatic hydroxyl groups excluding tert-OH is 1. The van der Waals surface area contributed by atoms with Crippen molar-refractivity contribution in [1.82, 2.24) is 14.7 Å². The van der Waals surface area contributed by atoms with Crippen LogP contribution in [-0.4, -0.2) is 87.6 Å². The zero-order valence-corrected chi connectivity index (χ0v) is 21.0. The Morgan fingerprint density at radius 3 is 2.53 bits per heavy atom. The molecule has 4 aliphatic rings. The number of nitrogens with zero attached hydrogens (tertiary/aromatic N) is 3. The molecule has 36 heavy (non-hydrogen) atoms. The zero-order chi connectivity index (χ0) is 25.4. The fraction of sp³-hybridized carbons (Fsp3) is 0.536. The van der Waals surface area contributed by atoms with Crippen molar-refractivity contribution >= 4 is 17.7 Å². The van der Waals surface area contributed by atoms with Crippen LogP contribution in [-0.2, 0) is 25.7 Å². The fourth-order valence-corrected chi connectivity index (χ4v) is 6.25. The Morgan fingerprint density at radius 1 is 1.03 bits per heavy atom. The molecule has 192 valence electrons. The number of hydrogen-bond acceptors (Lipinski definition) is 5. The van der Waals surface area contributed by atoms with Crippen LogP contribution in [0.3, 0.4) is 0 Å². The molecule has 1 spiro atoms. The van der Waals surface area contributed by atoms with Crippen molar-refractivity contribution in [2.24, 2.45) is 11.8 Å². The molecular weight excluding hydrogens is 458 g/mol. The first-order valence-electron chi connectivity index (χ1n) is 13.0. The van der Waals surface area contributed by atoms with E-state index in [1.165, 1.54) is 0 Å². The summed E-state index contributed by atoms with van der Waals surface area (Å²) in [5.74, 6) is -1.96. The van der Waals surface area contributed by atoms with Gasteiger partial charge in [-0.25, -0.2) is 0 Å². The highest BCUT2D eigenvalue weighted by molar-refractivity contribution is 5.99. The Bertz CT molecular complexity index is 1070. The van der Waals surface area contributed by atoms with E-state index in [2.05, 4.69) is 0 Å². The van der Waals surface area contributed by atoms with E-state index in [4.69, 9.17) is 4.74 Å². The minimum Gasteiger partial charge on any atom is -0.396 e. The van der Waals surface area contributed by atoms with Crippen LogP contribution < -0.4 is 0 Å². The van der Waals surface area contributed by atoms with Crippen molar-refractivity contribution in [3.05, 3.63) is 60.2 Å². The summed E-state index contributed by atoms with van der Waals surface area (Å²) in [4.78, 5) is 47.1. The van der Waals surface area contributed by atoms with Crippen LogP contribution in [0.1, 0.15) is 32.3 Å². The van der Waals surface area contributed by atoms with E-state index in [9.17, 15) is 19.5 Å². The van der Waals surface area contributed by atoms with Gasteiger partial charge in [0, 0.05) is 38.8 Å². The standard InChI is InChI=1S/C28H35N3O5/c1-19(2)30-16-9-13-28-23(26(34)31(15-6-7-17-32)24(28)27(30)35)22-21(36-28)12-8-14-29(25(22)33)18-20-10-4-3-5-11-20/h3-5,8-13,19,21-24,32H,6-7,14-18H2,1-2H3/t21-,22+,23+,24?,28+/m1/s1. The van der Waals surface area contributed by atoms with Crippen LogP contribution in [0.25, 0.3) is 0 Å². The molecule has 5 atom stereocenters. The van der Waals surface area contributed by atoms with E-state index in [1.54, 1.807) is 14.7 Å². The Balaban J connectivity index is 1.53. The molecule has 0 aliphatic carbocycles. The van der Waals surface area contributed by atoms with Crippen LogP contribution in [0, 0.1) is 11.8 Å². The van der Waals surface area contributed by atoms with Gasteiger partial charge in [-0.3, -0.25) is 14.4 Å². The molecule has 1 aromatic rings. The Hall–Kier alpha value is -2.97. The van der Waals surface area contributed by atoms with E-state index < -0.39 is 29.6 Å². The van der Waals surface area contributed by atoms with Gasteiger partial charge in [0.2, 0.25) is 17.7 Å². The summed E-state index contributed by atoms with van der Waals surface area (Å²) in [6, 6.07) is 8.93. The monoisotopic (exact) mass is 493 g/mol. The Kier molecular flexibility index (Phi) is 6.74. The normalized spacial score (nSPS) is 31.6. The zero-order valence-electron chi connectivity index (χ0n) is 21.0.